The van der Waals surface area contributed by atoms with Crippen LogP contribution in [0.25, 0.3) is 0 Å². The number of hydrogen-bond donors (Lipinski definition) is 1. The summed E-state index contributed by atoms with van der Waals surface area (Å²) in [6, 6.07) is 16.6. The van der Waals surface area contributed by atoms with E-state index in [0.717, 1.165) is 50.0 Å². The van der Waals surface area contributed by atoms with E-state index in [1.807, 2.05) is 25.1 Å². The van der Waals surface area contributed by atoms with Crippen molar-refractivity contribution in [2.24, 2.45) is 0 Å². The predicted octanol–water partition coefficient (Wildman–Crippen LogP) is 4.63. The quantitative estimate of drug-likeness (QED) is 0.756. The Morgan fingerprint density at radius 3 is 2.67 bits per heavy atom. The Balaban J connectivity index is 1.76. The van der Waals surface area contributed by atoms with Crippen molar-refractivity contribution in [3.8, 4) is 0 Å². The SMILES string of the molecule is CCc1ccc(C)c(NC(=O)C[N+]2(Cc3ccccc3)CCCCCO2)c1. The third kappa shape index (κ3) is 5.41. The second kappa shape index (κ2) is 9.16. The molecule has 3 rings (SSSR count). The Hall–Kier alpha value is -2.17. The van der Waals surface area contributed by atoms with Gasteiger partial charge in [0.05, 0.1) is 0 Å². The largest absolute Gasteiger partial charge is 0.321 e. The topological polar surface area (TPSA) is 38.3 Å². The minimum Gasteiger partial charge on any atom is -0.321 e. The summed E-state index contributed by atoms with van der Waals surface area (Å²) in [7, 11) is 0. The smallest absolute Gasteiger partial charge is 0.282 e. The number of hydroxylamine groups is 3. The molecule has 1 amide bonds. The number of nitrogens with one attached hydrogen (secondary N) is 1. The molecule has 144 valence electrons. The minimum atomic E-state index is 0.0178. The third-order valence-corrected chi connectivity index (χ3v) is 5.30. The van der Waals surface area contributed by atoms with E-state index in [0.29, 0.717) is 17.8 Å². The van der Waals surface area contributed by atoms with Crippen LogP contribution in [0.2, 0.25) is 0 Å². The number of benzene rings is 2. The lowest BCUT2D eigenvalue weighted by Crippen LogP contribution is -2.51. The molecule has 1 atom stereocenters. The molecule has 0 bridgehead atoms. The van der Waals surface area contributed by atoms with Crippen LogP contribution >= 0.6 is 0 Å². The second-order valence-corrected chi connectivity index (χ2v) is 7.53. The number of carbonyl (C=O) groups is 1. The van der Waals surface area contributed by atoms with Gasteiger partial charge in [0.25, 0.3) is 5.91 Å². The molecule has 4 nitrogen and oxygen atoms in total. The molecule has 1 aliphatic heterocycles. The van der Waals surface area contributed by atoms with Gasteiger partial charge in [0.1, 0.15) is 19.7 Å². The summed E-state index contributed by atoms with van der Waals surface area (Å²) in [6.45, 7) is 6.81. The third-order valence-electron chi connectivity index (χ3n) is 5.30. The summed E-state index contributed by atoms with van der Waals surface area (Å²) in [5.74, 6) is 0.0178. The van der Waals surface area contributed by atoms with Crippen molar-refractivity contribution in [3.05, 3.63) is 65.2 Å². The Morgan fingerprint density at radius 2 is 1.89 bits per heavy atom. The molecule has 1 N–H and O–H groups in total. The molecule has 2 aromatic carbocycles. The van der Waals surface area contributed by atoms with Gasteiger partial charge in [-0.1, -0.05) is 49.4 Å². The zero-order valence-electron chi connectivity index (χ0n) is 16.5. The number of quaternary nitrogens is 1. The van der Waals surface area contributed by atoms with Crippen LogP contribution < -0.4 is 5.32 Å². The molecule has 0 radical (unpaired) electrons. The molecule has 1 aliphatic rings. The van der Waals surface area contributed by atoms with Crippen LogP contribution in [0, 0.1) is 6.92 Å². The molecule has 0 saturated carbocycles. The van der Waals surface area contributed by atoms with Gasteiger partial charge in [-0.25, -0.2) is 4.84 Å². The van der Waals surface area contributed by atoms with E-state index in [4.69, 9.17) is 4.84 Å². The Bertz CT molecular complexity index is 750. The number of amides is 1. The first kappa shape index (κ1) is 19.6. The highest BCUT2D eigenvalue weighted by molar-refractivity contribution is 5.92. The Kier molecular flexibility index (Phi) is 6.64. The number of hydrogen-bond acceptors (Lipinski definition) is 2. The fourth-order valence-corrected chi connectivity index (χ4v) is 3.70. The Labute approximate surface area is 162 Å². The van der Waals surface area contributed by atoms with E-state index in [1.165, 1.54) is 11.1 Å². The maximum absolute atomic E-state index is 12.9. The molecule has 0 spiro atoms. The molecular weight excluding hydrogens is 336 g/mol. The van der Waals surface area contributed by atoms with E-state index in [9.17, 15) is 4.79 Å². The molecule has 4 heteroatoms. The van der Waals surface area contributed by atoms with Crippen molar-refractivity contribution in [1.82, 2.24) is 0 Å². The molecular formula is C23H31N2O2+. The summed E-state index contributed by atoms with van der Waals surface area (Å²) in [5, 5.41) is 3.13. The maximum atomic E-state index is 12.9. The number of carbonyl (C=O) groups excluding carboxylic acids is 1. The van der Waals surface area contributed by atoms with Crippen LogP contribution in [0.1, 0.15) is 42.9 Å². The fraction of sp³-hybridized carbons (Fsp3) is 0.435. The Morgan fingerprint density at radius 1 is 1.07 bits per heavy atom. The first-order valence-electron chi connectivity index (χ1n) is 10.0. The van der Waals surface area contributed by atoms with Gasteiger partial charge in [-0.2, -0.15) is 4.65 Å². The van der Waals surface area contributed by atoms with E-state index >= 15 is 0 Å². The number of rotatable bonds is 6. The lowest BCUT2D eigenvalue weighted by atomic mass is 10.1. The molecule has 0 aromatic heterocycles. The highest BCUT2D eigenvalue weighted by Crippen LogP contribution is 2.23. The molecule has 27 heavy (non-hydrogen) atoms. The highest BCUT2D eigenvalue weighted by Gasteiger charge is 2.34. The summed E-state index contributed by atoms with van der Waals surface area (Å²) >= 11 is 0. The van der Waals surface area contributed by atoms with Crippen molar-refractivity contribution in [1.29, 1.82) is 0 Å². The average molecular weight is 368 g/mol. The van der Waals surface area contributed by atoms with Crippen molar-refractivity contribution >= 4 is 11.6 Å². The second-order valence-electron chi connectivity index (χ2n) is 7.53. The molecule has 1 unspecified atom stereocenters. The summed E-state index contributed by atoms with van der Waals surface area (Å²) in [6.07, 6.45) is 4.27. The highest BCUT2D eigenvalue weighted by atomic mass is 16.7. The first-order valence-corrected chi connectivity index (χ1v) is 10.0. The van der Waals surface area contributed by atoms with Crippen molar-refractivity contribution < 1.29 is 14.3 Å². The normalized spacial score (nSPS) is 20.1. The first-order chi connectivity index (χ1) is 13.1. The van der Waals surface area contributed by atoms with E-state index in [1.54, 1.807) is 0 Å². The van der Waals surface area contributed by atoms with Gasteiger partial charge >= 0.3 is 0 Å². The lowest BCUT2D eigenvalue weighted by molar-refractivity contribution is -1.11. The zero-order valence-corrected chi connectivity index (χ0v) is 16.5. The average Bonchev–Trinajstić information content (AvgIpc) is 2.89. The number of aryl methyl sites for hydroxylation is 2. The van der Waals surface area contributed by atoms with E-state index in [2.05, 4.69) is 42.6 Å². The predicted molar refractivity (Wildman–Crippen MR) is 109 cm³/mol. The van der Waals surface area contributed by atoms with Gasteiger partial charge in [-0.05, 0) is 49.8 Å². The molecule has 2 aromatic rings. The van der Waals surface area contributed by atoms with Crippen molar-refractivity contribution in [3.63, 3.8) is 0 Å². The van der Waals surface area contributed by atoms with E-state index < -0.39 is 0 Å². The summed E-state index contributed by atoms with van der Waals surface area (Å²) in [4.78, 5) is 19.2. The number of anilines is 1. The van der Waals surface area contributed by atoms with Crippen LogP contribution in [0.5, 0.6) is 0 Å². The van der Waals surface area contributed by atoms with Crippen LogP contribution in [0.15, 0.2) is 48.5 Å². The molecule has 1 fully saturated rings. The standard InChI is InChI=1S/C23H30N2O2/c1-3-20-13-12-19(2)22(16-20)24-23(26)18-25(14-8-5-9-15-27-25)17-21-10-6-4-7-11-21/h4,6-7,10-13,16H,3,5,8-9,14-15,17-18H2,1-2H3/p+1. The zero-order chi connectivity index (χ0) is 19.1. The maximum Gasteiger partial charge on any atom is 0.282 e. The minimum absolute atomic E-state index is 0.0178. The lowest BCUT2D eigenvalue weighted by Gasteiger charge is -2.34. The van der Waals surface area contributed by atoms with Gasteiger partial charge < -0.3 is 5.32 Å². The molecule has 0 aliphatic carbocycles. The van der Waals surface area contributed by atoms with Crippen LogP contribution in [0.4, 0.5) is 5.69 Å². The van der Waals surface area contributed by atoms with Gasteiger partial charge in [0.2, 0.25) is 0 Å². The molecule has 1 heterocycles. The van der Waals surface area contributed by atoms with Gasteiger partial charge in [-0.15, -0.1) is 0 Å². The monoisotopic (exact) mass is 367 g/mol. The van der Waals surface area contributed by atoms with Crippen LogP contribution in [-0.4, -0.2) is 30.2 Å². The van der Waals surface area contributed by atoms with Gasteiger partial charge in [-0.3, -0.25) is 4.79 Å². The number of nitrogens with zero attached hydrogens (tertiary/aromatic N) is 1. The summed E-state index contributed by atoms with van der Waals surface area (Å²) in [5.41, 5.74) is 4.44. The van der Waals surface area contributed by atoms with Crippen molar-refractivity contribution in [2.45, 2.75) is 46.1 Å². The van der Waals surface area contributed by atoms with Gasteiger partial charge in [0.15, 0.2) is 6.54 Å². The van der Waals surface area contributed by atoms with Crippen molar-refractivity contribution in [2.75, 3.05) is 25.0 Å². The summed E-state index contributed by atoms with van der Waals surface area (Å²) < 4.78 is 0.377. The van der Waals surface area contributed by atoms with Gasteiger partial charge in [0, 0.05) is 11.3 Å². The van der Waals surface area contributed by atoms with E-state index in [-0.39, 0.29) is 5.91 Å². The van der Waals surface area contributed by atoms with Crippen LogP contribution in [-0.2, 0) is 22.6 Å². The fourth-order valence-electron chi connectivity index (χ4n) is 3.70. The molecule has 1 saturated heterocycles. The van der Waals surface area contributed by atoms with Crippen LogP contribution in [0.3, 0.4) is 0 Å².